The SMILES string of the molecule is COc1ccc(S(=O)(=O)N(CC(=O)N(Cc2ccc(F)cc2)Cc2sccc2C)CC2CCCO2)cc1. The molecule has 1 aromatic heterocycles. The number of carbonyl (C=O) groups is 1. The van der Waals surface area contributed by atoms with Gasteiger partial charge in [0.25, 0.3) is 0 Å². The smallest absolute Gasteiger partial charge is 0.243 e. The Balaban J connectivity index is 1.61. The predicted molar refractivity (Wildman–Crippen MR) is 140 cm³/mol. The van der Waals surface area contributed by atoms with Gasteiger partial charge in [-0.2, -0.15) is 4.31 Å². The van der Waals surface area contributed by atoms with E-state index in [9.17, 15) is 17.6 Å². The Hall–Kier alpha value is -2.79. The molecular weight excluding hydrogens is 515 g/mol. The van der Waals surface area contributed by atoms with Gasteiger partial charge in [-0.05, 0) is 78.7 Å². The van der Waals surface area contributed by atoms with Crippen LogP contribution in [-0.2, 0) is 32.6 Å². The molecule has 0 radical (unpaired) electrons. The molecule has 1 aliphatic heterocycles. The van der Waals surface area contributed by atoms with Gasteiger partial charge in [-0.25, -0.2) is 12.8 Å². The maximum atomic E-state index is 13.7. The molecule has 10 heteroatoms. The third-order valence-electron chi connectivity index (χ3n) is 6.38. The molecular formula is C27H31FN2O5S2. The van der Waals surface area contributed by atoms with E-state index in [1.54, 1.807) is 40.5 Å². The average molecular weight is 547 g/mol. The summed E-state index contributed by atoms with van der Waals surface area (Å²) in [5.41, 5.74) is 1.82. The Morgan fingerprint density at radius 2 is 1.84 bits per heavy atom. The fraction of sp³-hybridized carbons (Fsp3) is 0.370. The zero-order valence-corrected chi connectivity index (χ0v) is 22.6. The lowest BCUT2D eigenvalue weighted by molar-refractivity contribution is -0.132. The van der Waals surface area contributed by atoms with Crippen LogP contribution in [0.2, 0.25) is 0 Å². The lowest BCUT2D eigenvalue weighted by Crippen LogP contribution is -2.45. The maximum Gasteiger partial charge on any atom is 0.243 e. The summed E-state index contributed by atoms with van der Waals surface area (Å²) in [7, 11) is -2.48. The van der Waals surface area contributed by atoms with Crippen molar-refractivity contribution in [1.29, 1.82) is 0 Å². The van der Waals surface area contributed by atoms with Gasteiger partial charge in [0.15, 0.2) is 0 Å². The summed E-state index contributed by atoms with van der Waals surface area (Å²) in [6, 6.07) is 14.1. The van der Waals surface area contributed by atoms with Crippen LogP contribution in [0.25, 0.3) is 0 Å². The monoisotopic (exact) mass is 546 g/mol. The van der Waals surface area contributed by atoms with Gasteiger partial charge in [-0.3, -0.25) is 4.79 Å². The third-order valence-corrected chi connectivity index (χ3v) is 9.22. The molecule has 1 amide bonds. The Bertz CT molecular complexity index is 1290. The first kappa shape index (κ1) is 27.3. The van der Waals surface area contributed by atoms with E-state index in [0.29, 0.717) is 18.9 Å². The zero-order chi connectivity index (χ0) is 26.4. The number of rotatable bonds is 11. The summed E-state index contributed by atoms with van der Waals surface area (Å²) in [6.07, 6.45) is 1.31. The van der Waals surface area contributed by atoms with Gasteiger partial charge in [0, 0.05) is 24.6 Å². The maximum absolute atomic E-state index is 13.7. The summed E-state index contributed by atoms with van der Waals surface area (Å²) in [6.45, 7) is 2.86. The molecule has 0 spiro atoms. The molecule has 0 bridgehead atoms. The molecule has 0 N–H and O–H groups in total. The molecule has 198 valence electrons. The van der Waals surface area contributed by atoms with Crippen LogP contribution >= 0.6 is 11.3 Å². The quantitative estimate of drug-likeness (QED) is 0.351. The topological polar surface area (TPSA) is 76.2 Å². The number of halogens is 1. The lowest BCUT2D eigenvalue weighted by atomic mass is 10.2. The number of hydrogen-bond donors (Lipinski definition) is 0. The van der Waals surface area contributed by atoms with Crippen LogP contribution in [0.3, 0.4) is 0 Å². The highest BCUT2D eigenvalue weighted by molar-refractivity contribution is 7.89. The molecule has 0 saturated carbocycles. The molecule has 1 fully saturated rings. The van der Waals surface area contributed by atoms with Crippen molar-refractivity contribution in [3.05, 3.63) is 81.8 Å². The number of sulfonamides is 1. The van der Waals surface area contributed by atoms with Crippen molar-refractivity contribution >= 4 is 27.3 Å². The molecule has 1 aliphatic rings. The molecule has 0 aliphatic carbocycles. The molecule has 1 atom stereocenters. The van der Waals surface area contributed by atoms with Gasteiger partial charge >= 0.3 is 0 Å². The highest BCUT2D eigenvalue weighted by atomic mass is 32.2. The zero-order valence-electron chi connectivity index (χ0n) is 20.9. The van der Waals surface area contributed by atoms with Crippen molar-refractivity contribution in [1.82, 2.24) is 9.21 Å². The standard InChI is InChI=1S/C27H31FN2O5S2/c1-20-13-15-36-26(20)18-29(16-21-5-7-22(28)8-6-21)27(31)19-30(17-24-4-3-14-35-24)37(32,33)25-11-9-23(34-2)10-12-25/h5-13,15,24H,3-4,14,16-19H2,1-2H3. The largest absolute Gasteiger partial charge is 0.497 e. The van der Waals surface area contributed by atoms with Gasteiger partial charge in [0.05, 0.1) is 31.2 Å². The van der Waals surface area contributed by atoms with Crippen LogP contribution in [-0.4, -0.2) is 56.4 Å². The molecule has 3 aromatic rings. The van der Waals surface area contributed by atoms with Crippen LogP contribution in [0.4, 0.5) is 4.39 Å². The highest BCUT2D eigenvalue weighted by Crippen LogP contribution is 2.24. The molecule has 2 heterocycles. The summed E-state index contributed by atoms with van der Waals surface area (Å²) < 4.78 is 52.9. The number of aryl methyl sites for hydroxylation is 1. The van der Waals surface area contributed by atoms with Crippen molar-refractivity contribution in [2.45, 2.75) is 43.9 Å². The van der Waals surface area contributed by atoms with Gasteiger partial charge in [-0.1, -0.05) is 12.1 Å². The van der Waals surface area contributed by atoms with Gasteiger partial charge < -0.3 is 14.4 Å². The fourth-order valence-electron chi connectivity index (χ4n) is 4.19. The van der Waals surface area contributed by atoms with E-state index in [1.807, 2.05) is 18.4 Å². The number of amides is 1. The van der Waals surface area contributed by atoms with Gasteiger partial charge in [0.1, 0.15) is 11.6 Å². The van der Waals surface area contributed by atoms with Crippen molar-refractivity contribution in [2.75, 3.05) is 26.8 Å². The molecule has 7 nitrogen and oxygen atoms in total. The summed E-state index contributed by atoms with van der Waals surface area (Å²) in [4.78, 5) is 16.4. The first-order valence-corrected chi connectivity index (χ1v) is 14.4. The van der Waals surface area contributed by atoms with E-state index < -0.39 is 10.0 Å². The first-order valence-electron chi connectivity index (χ1n) is 12.1. The second kappa shape index (κ2) is 12.2. The van der Waals surface area contributed by atoms with Crippen molar-refractivity contribution in [3.63, 3.8) is 0 Å². The average Bonchev–Trinajstić information content (AvgIpc) is 3.56. The van der Waals surface area contributed by atoms with Gasteiger partial charge in [0.2, 0.25) is 15.9 Å². The van der Waals surface area contributed by atoms with Crippen molar-refractivity contribution in [2.24, 2.45) is 0 Å². The Labute approximate surface area is 221 Å². The minimum absolute atomic E-state index is 0.0817. The van der Waals surface area contributed by atoms with Crippen LogP contribution in [0.5, 0.6) is 5.75 Å². The molecule has 4 rings (SSSR count). The lowest BCUT2D eigenvalue weighted by Gasteiger charge is -2.28. The normalized spacial score (nSPS) is 15.7. The van der Waals surface area contributed by atoms with E-state index in [2.05, 4.69) is 0 Å². The van der Waals surface area contributed by atoms with Crippen LogP contribution in [0.15, 0.2) is 64.9 Å². The molecule has 1 unspecified atom stereocenters. The third kappa shape index (κ3) is 6.95. The molecule has 2 aromatic carbocycles. The summed E-state index contributed by atoms with van der Waals surface area (Å²) in [5.74, 6) is -0.159. The summed E-state index contributed by atoms with van der Waals surface area (Å²) in [5, 5.41) is 1.96. The highest BCUT2D eigenvalue weighted by Gasteiger charge is 2.32. The predicted octanol–water partition coefficient (Wildman–Crippen LogP) is 4.60. The van der Waals surface area contributed by atoms with E-state index in [1.165, 1.54) is 35.7 Å². The van der Waals surface area contributed by atoms with Crippen LogP contribution < -0.4 is 4.74 Å². The second-order valence-electron chi connectivity index (χ2n) is 9.01. The van der Waals surface area contributed by atoms with E-state index in [-0.39, 0.29) is 42.4 Å². The minimum Gasteiger partial charge on any atom is -0.497 e. The number of carbonyl (C=O) groups excluding carboxylic acids is 1. The van der Waals surface area contributed by atoms with Gasteiger partial charge in [-0.15, -0.1) is 11.3 Å². The van der Waals surface area contributed by atoms with Crippen molar-refractivity contribution < 1.29 is 27.1 Å². The fourth-order valence-corrected chi connectivity index (χ4v) is 6.53. The Morgan fingerprint density at radius 3 is 2.43 bits per heavy atom. The number of ether oxygens (including phenoxy) is 2. The van der Waals surface area contributed by atoms with E-state index in [4.69, 9.17) is 9.47 Å². The van der Waals surface area contributed by atoms with Crippen LogP contribution in [0.1, 0.15) is 28.8 Å². The van der Waals surface area contributed by atoms with E-state index in [0.717, 1.165) is 28.8 Å². The number of thiophene rings is 1. The Kier molecular flexibility index (Phi) is 8.96. The number of methoxy groups -OCH3 is 1. The molecule has 37 heavy (non-hydrogen) atoms. The van der Waals surface area contributed by atoms with E-state index >= 15 is 0 Å². The van der Waals surface area contributed by atoms with Crippen molar-refractivity contribution in [3.8, 4) is 5.75 Å². The van der Waals surface area contributed by atoms with Crippen LogP contribution in [0, 0.1) is 12.7 Å². The first-order chi connectivity index (χ1) is 17.8. The second-order valence-corrected chi connectivity index (χ2v) is 11.9. The minimum atomic E-state index is -3.99. The number of nitrogens with zero attached hydrogens (tertiary/aromatic N) is 2. The summed E-state index contributed by atoms with van der Waals surface area (Å²) >= 11 is 1.54. The Morgan fingerprint density at radius 1 is 1.11 bits per heavy atom. The number of benzene rings is 2. The number of hydrogen-bond acceptors (Lipinski definition) is 6. The molecule has 1 saturated heterocycles.